The fourth-order valence-electron chi connectivity index (χ4n) is 3.26. The zero-order valence-electron chi connectivity index (χ0n) is 19.3. The maximum atomic E-state index is 12.6. The van der Waals surface area contributed by atoms with Gasteiger partial charge in [-0.25, -0.2) is 12.7 Å². The zero-order chi connectivity index (χ0) is 23.8. The number of nitrogens with zero attached hydrogens (tertiary/aromatic N) is 4. The van der Waals surface area contributed by atoms with Crippen LogP contribution in [0.4, 0.5) is 0 Å². The Kier molecular flexibility index (Phi) is 9.04. The predicted octanol–water partition coefficient (Wildman–Crippen LogP) is 3.54. The second kappa shape index (κ2) is 11.8. The van der Waals surface area contributed by atoms with Gasteiger partial charge in [-0.05, 0) is 30.5 Å². The summed E-state index contributed by atoms with van der Waals surface area (Å²) in [4.78, 5) is 0.201. The molecule has 1 heterocycles. The Balaban J connectivity index is 1.85. The van der Waals surface area contributed by atoms with E-state index in [0.29, 0.717) is 17.9 Å². The molecule has 0 atom stereocenters. The van der Waals surface area contributed by atoms with Gasteiger partial charge in [-0.15, -0.1) is 10.2 Å². The van der Waals surface area contributed by atoms with Gasteiger partial charge in [0, 0.05) is 39.6 Å². The van der Waals surface area contributed by atoms with Crippen LogP contribution in [0.25, 0.3) is 11.4 Å². The number of benzene rings is 2. The van der Waals surface area contributed by atoms with Crippen LogP contribution < -0.4 is 0 Å². The lowest BCUT2D eigenvalue weighted by molar-refractivity contribution is -0.111. The molecule has 0 unspecified atom stereocenters. The molecule has 0 fully saturated rings. The van der Waals surface area contributed by atoms with E-state index in [1.165, 1.54) is 24.0 Å². The highest BCUT2D eigenvalue weighted by atomic mass is 32.2. The average molecular weight is 491 g/mol. The lowest BCUT2D eigenvalue weighted by Crippen LogP contribution is -2.22. The van der Waals surface area contributed by atoms with Crippen LogP contribution in [0, 0.1) is 0 Å². The highest BCUT2D eigenvalue weighted by Gasteiger charge is 2.21. The average Bonchev–Trinajstić information content (AvgIpc) is 3.23. The molecule has 0 saturated carbocycles. The van der Waals surface area contributed by atoms with E-state index < -0.39 is 16.3 Å². The van der Waals surface area contributed by atoms with E-state index in [4.69, 9.17) is 9.47 Å². The van der Waals surface area contributed by atoms with Gasteiger partial charge >= 0.3 is 0 Å². The molecule has 0 bridgehead atoms. The largest absolute Gasteiger partial charge is 0.354 e. The molecule has 0 radical (unpaired) electrons. The summed E-state index contributed by atoms with van der Waals surface area (Å²) >= 11 is 1.61. The van der Waals surface area contributed by atoms with Crippen molar-refractivity contribution >= 4 is 21.8 Å². The van der Waals surface area contributed by atoms with Crippen molar-refractivity contribution in [1.82, 2.24) is 19.1 Å². The summed E-state index contributed by atoms with van der Waals surface area (Å²) in [6, 6.07) is 17.1. The summed E-state index contributed by atoms with van der Waals surface area (Å²) in [6.45, 7) is 0.376. The first-order valence-corrected chi connectivity index (χ1v) is 13.0. The molecule has 0 aliphatic rings. The maximum Gasteiger partial charge on any atom is 0.242 e. The summed E-state index contributed by atoms with van der Waals surface area (Å²) in [5.41, 5.74) is 1.96. The smallest absolute Gasteiger partial charge is 0.242 e. The molecule has 3 aromatic rings. The number of thioether (sulfide) groups is 1. The SMILES string of the molecule is COC(Cn1c(SCCCc2ccccc2)nnc1-c1cccc(S(=O)(=O)N(C)C)c1)OC. The molecular formula is C23H30N4O4S2. The van der Waals surface area contributed by atoms with Crippen molar-refractivity contribution in [3.8, 4) is 11.4 Å². The topological polar surface area (TPSA) is 86.5 Å². The summed E-state index contributed by atoms with van der Waals surface area (Å²) < 4.78 is 39.1. The van der Waals surface area contributed by atoms with Crippen molar-refractivity contribution in [3.63, 3.8) is 0 Å². The molecule has 178 valence electrons. The van der Waals surface area contributed by atoms with E-state index in [1.54, 1.807) is 44.2 Å². The fraction of sp³-hybridized carbons (Fsp3) is 0.391. The van der Waals surface area contributed by atoms with E-state index >= 15 is 0 Å². The second-order valence-corrected chi connectivity index (χ2v) is 10.8. The summed E-state index contributed by atoms with van der Waals surface area (Å²) in [7, 11) is 2.61. The molecule has 0 aliphatic heterocycles. The number of aryl methyl sites for hydroxylation is 1. The molecule has 0 amide bonds. The number of ether oxygens (including phenoxy) is 2. The molecule has 2 aromatic carbocycles. The van der Waals surface area contributed by atoms with Crippen molar-refractivity contribution in [1.29, 1.82) is 0 Å². The lowest BCUT2D eigenvalue weighted by atomic mass is 10.1. The van der Waals surface area contributed by atoms with Crippen LogP contribution in [0.2, 0.25) is 0 Å². The predicted molar refractivity (Wildman–Crippen MR) is 130 cm³/mol. The van der Waals surface area contributed by atoms with Crippen LogP contribution in [0.1, 0.15) is 12.0 Å². The number of hydrogen-bond acceptors (Lipinski definition) is 7. The van der Waals surface area contributed by atoms with Crippen molar-refractivity contribution in [2.24, 2.45) is 0 Å². The molecule has 1 aromatic heterocycles. The van der Waals surface area contributed by atoms with Crippen LogP contribution in [0.5, 0.6) is 0 Å². The van der Waals surface area contributed by atoms with Gasteiger partial charge < -0.3 is 9.47 Å². The fourth-order valence-corrected chi connectivity index (χ4v) is 5.09. The molecule has 0 aliphatic carbocycles. The number of hydrogen-bond donors (Lipinski definition) is 0. The van der Waals surface area contributed by atoms with Crippen molar-refractivity contribution in [3.05, 3.63) is 60.2 Å². The van der Waals surface area contributed by atoms with E-state index in [-0.39, 0.29) is 4.90 Å². The normalized spacial score (nSPS) is 12.1. The van der Waals surface area contributed by atoms with Crippen LogP contribution in [-0.2, 0) is 32.5 Å². The number of methoxy groups -OCH3 is 2. The molecular weight excluding hydrogens is 460 g/mol. The van der Waals surface area contributed by atoms with Crippen LogP contribution in [0.15, 0.2) is 64.6 Å². The van der Waals surface area contributed by atoms with Crippen LogP contribution in [0.3, 0.4) is 0 Å². The van der Waals surface area contributed by atoms with Gasteiger partial charge in [-0.1, -0.05) is 54.2 Å². The third kappa shape index (κ3) is 6.42. The minimum absolute atomic E-state index is 0.201. The Morgan fingerprint density at radius 1 is 1.03 bits per heavy atom. The zero-order valence-corrected chi connectivity index (χ0v) is 21.0. The summed E-state index contributed by atoms with van der Waals surface area (Å²) in [5, 5.41) is 9.51. The summed E-state index contributed by atoms with van der Waals surface area (Å²) in [5.74, 6) is 1.43. The lowest BCUT2D eigenvalue weighted by Gasteiger charge is -2.17. The quantitative estimate of drug-likeness (QED) is 0.218. The number of aromatic nitrogens is 3. The van der Waals surface area contributed by atoms with Crippen molar-refractivity contribution in [2.45, 2.75) is 35.7 Å². The van der Waals surface area contributed by atoms with Gasteiger partial charge in [-0.2, -0.15) is 0 Å². The van der Waals surface area contributed by atoms with E-state index in [1.807, 2.05) is 28.8 Å². The Morgan fingerprint density at radius 2 is 1.76 bits per heavy atom. The van der Waals surface area contributed by atoms with Gasteiger partial charge in [0.2, 0.25) is 10.0 Å². The maximum absolute atomic E-state index is 12.6. The van der Waals surface area contributed by atoms with Gasteiger partial charge in [0.15, 0.2) is 17.3 Å². The molecule has 0 spiro atoms. The Hall–Kier alpha value is -2.24. The van der Waals surface area contributed by atoms with Crippen molar-refractivity contribution in [2.75, 3.05) is 34.1 Å². The second-order valence-electron chi connectivity index (χ2n) is 7.57. The first-order chi connectivity index (χ1) is 15.9. The molecule has 3 rings (SSSR count). The number of sulfonamides is 1. The van der Waals surface area contributed by atoms with Gasteiger partial charge in [0.25, 0.3) is 0 Å². The molecule has 33 heavy (non-hydrogen) atoms. The molecule has 8 nitrogen and oxygen atoms in total. The third-order valence-corrected chi connectivity index (χ3v) is 7.99. The summed E-state index contributed by atoms with van der Waals surface area (Å²) in [6.07, 6.45) is 1.49. The molecule has 0 saturated heterocycles. The molecule has 0 N–H and O–H groups in total. The van der Waals surface area contributed by atoms with E-state index in [9.17, 15) is 8.42 Å². The highest BCUT2D eigenvalue weighted by molar-refractivity contribution is 7.99. The van der Waals surface area contributed by atoms with E-state index in [2.05, 4.69) is 22.3 Å². The minimum Gasteiger partial charge on any atom is -0.354 e. The van der Waals surface area contributed by atoms with Gasteiger partial charge in [0.05, 0.1) is 11.4 Å². The highest BCUT2D eigenvalue weighted by Crippen LogP contribution is 2.27. The first kappa shape index (κ1) is 25.4. The Bertz CT molecular complexity index is 1130. The standard InChI is InChI=1S/C23H30N4O4S2/c1-26(2)33(28,29)20-14-8-13-19(16-20)22-24-25-23(27(22)17-21(30-3)31-4)32-15-9-12-18-10-6-5-7-11-18/h5-8,10-11,13-14,16,21H,9,12,15,17H2,1-4H3. The van der Waals surface area contributed by atoms with Crippen molar-refractivity contribution < 1.29 is 17.9 Å². The van der Waals surface area contributed by atoms with Gasteiger partial charge in [-0.3, -0.25) is 4.57 Å². The van der Waals surface area contributed by atoms with Gasteiger partial charge in [0.1, 0.15) is 0 Å². The Labute approximate surface area is 200 Å². The van der Waals surface area contributed by atoms with Crippen LogP contribution in [-0.4, -0.2) is 67.8 Å². The molecule has 10 heteroatoms. The minimum atomic E-state index is -3.57. The number of rotatable bonds is 12. The first-order valence-electron chi connectivity index (χ1n) is 10.5. The Morgan fingerprint density at radius 3 is 2.42 bits per heavy atom. The third-order valence-electron chi connectivity index (χ3n) is 5.13. The van der Waals surface area contributed by atoms with E-state index in [0.717, 1.165) is 23.8 Å². The van der Waals surface area contributed by atoms with Crippen LogP contribution >= 0.6 is 11.8 Å². The monoisotopic (exact) mass is 490 g/mol.